The zero-order valence-corrected chi connectivity index (χ0v) is 14.7. The molecule has 0 aliphatic carbocycles. The van der Waals surface area contributed by atoms with Gasteiger partial charge in [0.15, 0.2) is 0 Å². The van der Waals surface area contributed by atoms with E-state index in [1.807, 2.05) is 19.1 Å². The fourth-order valence-corrected chi connectivity index (χ4v) is 3.89. The number of hydrogen-bond donors (Lipinski definition) is 1. The highest BCUT2D eigenvalue weighted by Gasteiger charge is 2.11. The van der Waals surface area contributed by atoms with Crippen molar-refractivity contribution in [2.45, 2.75) is 25.9 Å². The quantitative estimate of drug-likeness (QED) is 0.823. The van der Waals surface area contributed by atoms with Crippen molar-refractivity contribution in [2.24, 2.45) is 5.73 Å². The third-order valence-electron chi connectivity index (χ3n) is 3.01. The molecule has 0 radical (unpaired) electrons. The van der Waals surface area contributed by atoms with Crippen LogP contribution in [-0.4, -0.2) is 13.1 Å². The Hall–Kier alpha value is -0.550. The Morgan fingerprint density at radius 1 is 1.40 bits per heavy atom. The molecule has 5 heteroatoms. The summed E-state index contributed by atoms with van der Waals surface area (Å²) in [4.78, 5) is 3.56. The number of thiophene rings is 1. The van der Waals surface area contributed by atoms with Crippen LogP contribution in [-0.2, 0) is 13.0 Å². The van der Waals surface area contributed by atoms with E-state index >= 15 is 0 Å². The van der Waals surface area contributed by atoms with Crippen molar-refractivity contribution in [1.29, 1.82) is 0 Å². The molecule has 108 valence electrons. The first-order valence-electron chi connectivity index (χ1n) is 6.43. The number of nitrogens with two attached hydrogens (primary N) is 1. The summed E-state index contributed by atoms with van der Waals surface area (Å²) in [5, 5.41) is 2.87. The third-order valence-corrected chi connectivity index (χ3v) is 4.93. The van der Waals surface area contributed by atoms with Crippen LogP contribution in [0.4, 0.5) is 5.69 Å². The van der Waals surface area contributed by atoms with Crippen LogP contribution in [0, 0.1) is 0 Å². The molecule has 1 atom stereocenters. The molecular formula is C15H18BrClN2S. The van der Waals surface area contributed by atoms with Crippen LogP contribution >= 0.6 is 38.9 Å². The van der Waals surface area contributed by atoms with Crippen molar-refractivity contribution < 1.29 is 0 Å². The zero-order chi connectivity index (χ0) is 14.7. The van der Waals surface area contributed by atoms with Crippen LogP contribution in [0.2, 0.25) is 5.02 Å². The number of anilines is 1. The van der Waals surface area contributed by atoms with Crippen LogP contribution in [0.3, 0.4) is 0 Å². The maximum atomic E-state index is 6.11. The first-order valence-corrected chi connectivity index (χ1v) is 8.49. The van der Waals surface area contributed by atoms with Crippen LogP contribution in [0.15, 0.2) is 34.1 Å². The highest BCUT2D eigenvalue weighted by atomic mass is 79.9. The molecule has 2 nitrogen and oxygen atoms in total. The first-order chi connectivity index (χ1) is 9.45. The van der Waals surface area contributed by atoms with E-state index in [-0.39, 0.29) is 6.04 Å². The topological polar surface area (TPSA) is 29.3 Å². The Morgan fingerprint density at radius 2 is 2.15 bits per heavy atom. The molecule has 0 spiro atoms. The lowest BCUT2D eigenvalue weighted by molar-refractivity contribution is 0.734. The number of halogens is 2. The lowest BCUT2D eigenvalue weighted by Gasteiger charge is -2.23. The molecule has 2 aromatic rings. The van der Waals surface area contributed by atoms with Crippen molar-refractivity contribution in [2.75, 3.05) is 11.9 Å². The second kappa shape index (κ2) is 6.94. The van der Waals surface area contributed by atoms with Crippen LogP contribution in [0.5, 0.6) is 0 Å². The largest absolute Gasteiger partial charge is 0.369 e. The van der Waals surface area contributed by atoms with Crippen molar-refractivity contribution in [3.8, 4) is 0 Å². The molecule has 20 heavy (non-hydrogen) atoms. The van der Waals surface area contributed by atoms with E-state index in [0.29, 0.717) is 0 Å². The van der Waals surface area contributed by atoms with Crippen molar-refractivity contribution >= 4 is 44.6 Å². The minimum Gasteiger partial charge on any atom is -0.369 e. The van der Waals surface area contributed by atoms with Gasteiger partial charge in [0.1, 0.15) is 0 Å². The van der Waals surface area contributed by atoms with Gasteiger partial charge in [-0.3, -0.25) is 0 Å². The summed E-state index contributed by atoms with van der Waals surface area (Å²) in [7, 11) is 2.10. The van der Waals surface area contributed by atoms with Gasteiger partial charge in [0.05, 0.1) is 6.54 Å². The summed E-state index contributed by atoms with van der Waals surface area (Å²) in [5.74, 6) is 0. The van der Waals surface area contributed by atoms with Gasteiger partial charge in [-0.25, -0.2) is 0 Å². The summed E-state index contributed by atoms with van der Waals surface area (Å²) >= 11 is 11.4. The van der Waals surface area contributed by atoms with Gasteiger partial charge in [0.25, 0.3) is 0 Å². The molecular weight excluding hydrogens is 356 g/mol. The summed E-state index contributed by atoms with van der Waals surface area (Å²) in [6.07, 6.45) is 0.828. The number of hydrogen-bond acceptors (Lipinski definition) is 3. The van der Waals surface area contributed by atoms with Gasteiger partial charge in [-0.2, -0.15) is 0 Å². The van der Waals surface area contributed by atoms with E-state index in [1.54, 1.807) is 11.3 Å². The van der Waals surface area contributed by atoms with Gasteiger partial charge in [-0.1, -0.05) is 11.6 Å². The Bertz CT molecular complexity index is 583. The molecule has 0 aliphatic rings. The zero-order valence-electron chi connectivity index (χ0n) is 11.6. The fourth-order valence-electron chi connectivity index (χ4n) is 2.19. The molecule has 2 rings (SSSR count). The molecule has 1 heterocycles. The van der Waals surface area contributed by atoms with Gasteiger partial charge < -0.3 is 10.6 Å². The molecule has 1 unspecified atom stereocenters. The van der Waals surface area contributed by atoms with E-state index in [2.05, 4.69) is 45.4 Å². The molecule has 0 saturated heterocycles. The third kappa shape index (κ3) is 4.22. The Labute approximate surface area is 137 Å². The maximum absolute atomic E-state index is 6.11. The van der Waals surface area contributed by atoms with Crippen molar-refractivity contribution in [3.05, 3.63) is 49.6 Å². The van der Waals surface area contributed by atoms with E-state index in [4.69, 9.17) is 17.3 Å². The Morgan fingerprint density at radius 3 is 2.75 bits per heavy atom. The average Bonchev–Trinajstić information content (AvgIpc) is 2.73. The van der Waals surface area contributed by atoms with Gasteiger partial charge in [-0.05, 0) is 59.1 Å². The standard InChI is InChI=1S/C15H18BrClN2S/c1-10(18)5-11-6-13(17)3-4-15(11)19(2)8-14-7-12(16)9-20-14/h3-4,6-7,9-10H,5,8,18H2,1-2H3. The second-order valence-electron chi connectivity index (χ2n) is 5.04. The van der Waals surface area contributed by atoms with Crippen molar-refractivity contribution in [1.82, 2.24) is 0 Å². The minimum absolute atomic E-state index is 0.122. The monoisotopic (exact) mass is 372 g/mol. The second-order valence-corrected chi connectivity index (χ2v) is 7.39. The lowest BCUT2D eigenvalue weighted by Crippen LogP contribution is -2.22. The number of nitrogens with zero attached hydrogens (tertiary/aromatic N) is 1. The highest BCUT2D eigenvalue weighted by Crippen LogP contribution is 2.28. The number of benzene rings is 1. The van der Waals surface area contributed by atoms with Crippen LogP contribution < -0.4 is 10.6 Å². The molecule has 1 aromatic heterocycles. The predicted octanol–water partition coefficient (Wildman–Crippen LogP) is 4.69. The summed E-state index contributed by atoms with van der Waals surface area (Å²) in [6, 6.07) is 8.30. The molecule has 0 aliphatic heterocycles. The van der Waals surface area contributed by atoms with E-state index in [9.17, 15) is 0 Å². The molecule has 1 aromatic carbocycles. The Balaban J connectivity index is 2.21. The number of rotatable bonds is 5. The SMILES string of the molecule is CC(N)Cc1cc(Cl)ccc1N(C)Cc1cc(Br)cs1. The molecule has 0 saturated carbocycles. The highest BCUT2D eigenvalue weighted by molar-refractivity contribution is 9.10. The first kappa shape index (κ1) is 15.8. The lowest BCUT2D eigenvalue weighted by atomic mass is 10.0. The van der Waals surface area contributed by atoms with E-state index < -0.39 is 0 Å². The normalized spacial score (nSPS) is 12.4. The van der Waals surface area contributed by atoms with Gasteiger partial charge in [0.2, 0.25) is 0 Å². The predicted molar refractivity (Wildman–Crippen MR) is 92.9 cm³/mol. The van der Waals surface area contributed by atoms with Crippen LogP contribution in [0.1, 0.15) is 17.4 Å². The maximum Gasteiger partial charge on any atom is 0.0520 e. The smallest absolute Gasteiger partial charge is 0.0520 e. The molecule has 0 bridgehead atoms. The molecule has 0 fully saturated rings. The summed E-state index contributed by atoms with van der Waals surface area (Å²) in [6.45, 7) is 2.89. The summed E-state index contributed by atoms with van der Waals surface area (Å²) in [5.41, 5.74) is 8.32. The summed E-state index contributed by atoms with van der Waals surface area (Å²) < 4.78 is 1.14. The van der Waals surface area contributed by atoms with Crippen molar-refractivity contribution in [3.63, 3.8) is 0 Å². The van der Waals surface area contributed by atoms with E-state index in [0.717, 1.165) is 22.5 Å². The van der Waals surface area contributed by atoms with Gasteiger partial charge in [0, 0.05) is 38.5 Å². The van der Waals surface area contributed by atoms with Crippen LogP contribution in [0.25, 0.3) is 0 Å². The van der Waals surface area contributed by atoms with Gasteiger partial charge in [-0.15, -0.1) is 11.3 Å². The molecule has 0 amide bonds. The average molecular weight is 374 g/mol. The minimum atomic E-state index is 0.122. The van der Waals surface area contributed by atoms with Gasteiger partial charge >= 0.3 is 0 Å². The fraction of sp³-hybridized carbons (Fsp3) is 0.333. The Kier molecular flexibility index (Phi) is 5.49. The van der Waals surface area contributed by atoms with E-state index in [1.165, 1.54) is 16.1 Å². The molecule has 2 N–H and O–H groups in total.